The summed E-state index contributed by atoms with van der Waals surface area (Å²) >= 11 is 0. The molecule has 1 unspecified atom stereocenters. The molecule has 2 aliphatic heterocycles. The molecule has 1 saturated carbocycles. The molecule has 8 nitrogen and oxygen atoms in total. The molecule has 1 aliphatic carbocycles. The summed E-state index contributed by atoms with van der Waals surface area (Å²) < 4.78 is 10.8. The maximum absolute atomic E-state index is 12.2. The highest BCUT2D eigenvalue weighted by Crippen LogP contribution is 2.32. The van der Waals surface area contributed by atoms with Crippen LogP contribution in [-0.4, -0.2) is 86.7 Å². The summed E-state index contributed by atoms with van der Waals surface area (Å²) in [5.41, 5.74) is 0. The first-order valence-electron chi connectivity index (χ1n) is 11.4. The summed E-state index contributed by atoms with van der Waals surface area (Å²) in [6.07, 6.45) is 6.57. The molecule has 4 rings (SSSR count). The lowest BCUT2D eigenvalue weighted by Gasteiger charge is -2.26. The normalized spacial score (nSPS) is 23.2. The number of amides is 1. The zero-order valence-electron chi connectivity index (χ0n) is 17.9. The minimum atomic E-state index is 0.309. The van der Waals surface area contributed by atoms with Crippen molar-refractivity contribution in [3.05, 3.63) is 24.2 Å². The summed E-state index contributed by atoms with van der Waals surface area (Å²) in [6.45, 7) is 7.99. The SMILES string of the molecule is O=C1CC(CN=C(NCCCN2CCOCC2)NCCc2ccco2)CN1C1CC1. The van der Waals surface area contributed by atoms with Crippen LogP contribution < -0.4 is 10.6 Å². The van der Waals surface area contributed by atoms with Gasteiger partial charge < -0.3 is 24.7 Å². The van der Waals surface area contributed by atoms with Crippen molar-refractivity contribution in [2.24, 2.45) is 10.9 Å². The quantitative estimate of drug-likeness (QED) is 0.337. The van der Waals surface area contributed by atoms with Gasteiger partial charge in [-0.05, 0) is 37.9 Å². The number of morpholine rings is 1. The monoisotopic (exact) mass is 417 g/mol. The first-order valence-corrected chi connectivity index (χ1v) is 11.4. The molecule has 0 radical (unpaired) electrons. The van der Waals surface area contributed by atoms with Gasteiger partial charge in [-0.3, -0.25) is 14.7 Å². The standard InChI is InChI=1S/C22H35N5O3/c28-21-15-18(17-27(21)19-4-5-19)16-25-22(24-8-6-20-3-1-12-30-20)23-7-2-9-26-10-13-29-14-11-26/h1,3,12,18-19H,2,4-11,13-17H2,(H2,23,24,25). The van der Waals surface area contributed by atoms with Crippen LogP contribution in [0.5, 0.6) is 0 Å². The van der Waals surface area contributed by atoms with E-state index in [2.05, 4.69) is 20.4 Å². The highest BCUT2D eigenvalue weighted by Gasteiger charge is 2.39. The largest absolute Gasteiger partial charge is 0.469 e. The smallest absolute Gasteiger partial charge is 0.223 e. The number of hydrogen-bond donors (Lipinski definition) is 2. The van der Waals surface area contributed by atoms with Crippen LogP contribution >= 0.6 is 0 Å². The van der Waals surface area contributed by atoms with Crippen molar-refractivity contribution < 1.29 is 13.9 Å². The Bertz CT molecular complexity index is 683. The van der Waals surface area contributed by atoms with Gasteiger partial charge in [0.2, 0.25) is 5.91 Å². The number of guanidine groups is 1. The van der Waals surface area contributed by atoms with Gasteiger partial charge in [0, 0.05) is 64.1 Å². The summed E-state index contributed by atoms with van der Waals surface area (Å²) in [5.74, 6) is 2.44. The Morgan fingerprint density at radius 3 is 2.80 bits per heavy atom. The van der Waals surface area contributed by atoms with Crippen molar-refractivity contribution in [3.8, 4) is 0 Å². The molecule has 30 heavy (non-hydrogen) atoms. The molecular weight excluding hydrogens is 382 g/mol. The number of carbonyl (C=O) groups excluding carboxylic acids is 1. The lowest BCUT2D eigenvalue weighted by Crippen LogP contribution is -2.41. The van der Waals surface area contributed by atoms with Crippen molar-refractivity contribution in [2.45, 2.75) is 38.1 Å². The topological polar surface area (TPSA) is 82.3 Å². The van der Waals surface area contributed by atoms with Crippen LogP contribution in [0.1, 0.15) is 31.4 Å². The molecule has 2 saturated heterocycles. The van der Waals surface area contributed by atoms with Gasteiger partial charge in [-0.25, -0.2) is 0 Å². The van der Waals surface area contributed by atoms with Gasteiger partial charge in [0.25, 0.3) is 0 Å². The van der Waals surface area contributed by atoms with Gasteiger partial charge in [-0.1, -0.05) is 0 Å². The molecule has 166 valence electrons. The fourth-order valence-corrected chi connectivity index (χ4v) is 4.16. The number of hydrogen-bond acceptors (Lipinski definition) is 5. The number of rotatable bonds is 10. The molecule has 1 aromatic heterocycles. The van der Waals surface area contributed by atoms with Crippen molar-refractivity contribution in [2.75, 3.05) is 59.0 Å². The second kappa shape index (κ2) is 10.8. The molecule has 1 amide bonds. The van der Waals surface area contributed by atoms with Gasteiger partial charge >= 0.3 is 0 Å². The second-order valence-corrected chi connectivity index (χ2v) is 8.53. The van der Waals surface area contributed by atoms with Gasteiger partial charge in [-0.15, -0.1) is 0 Å². The third-order valence-corrected chi connectivity index (χ3v) is 6.02. The van der Waals surface area contributed by atoms with E-state index < -0.39 is 0 Å². The first-order chi connectivity index (χ1) is 14.8. The Hall–Kier alpha value is -2.06. The zero-order valence-corrected chi connectivity index (χ0v) is 17.9. The maximum atomic E-state index is 12.2. The van der Waals surface area contributed by atoms with E-state index in [0.717, 1.165) is 77.0 Å². The molecule has 3 heterocycles. The molecule has 0 spiro atoms. The number of furan rings is 1. The molecule has 2 N–H and O–H groups in total. The van der Waals surface area contributed by atoms with Gasteiger partial charge in [0.1, 0.15) is 5.76 Å². The predicted molar refractivity (Wildman–Crippen MR) is 115 cm³/mol. The molecule has 1 aromatic rings. The maximum Gasteiger partial charge on any atom is 0.223 e. The molecule has 3 aliphatic rings. The number of ether oxygens (including phenoxy) is 1. The fourth-order valence-electron chi connectivity index (χ4n) is 4.16. The van der Waals surface area contributed by atoms with Crippen LogP contribution in [0.3, 0.4) is 0 Å². The molecule has 0 aromatic carbocycles. The van der Waals surface area contributed by atoms with E-state index in [1.165, 1.54) is 12.8 Å². The summed E-state index contributed by atoms with van der Waals surface area (Å²) in [6, 6.07) is 4.41. The Morgan fingerprint density at radius 2 is 2.03 bits per heavy atom. The van der Waals surface area contributed by atoms with Crippen molar-refractivity contribution in [3.63, 3.8) is 0 Å². The molecular formula is C22H35N5O3. The van der Waals surface area contributed by atoms with E-state index in [0.29, 0.717) is 30.8 Å². The van der Waals surface area contributed by atoms with E-state index in [1.54, 1.807) is 6.26 Å². The summed E-state index contributed by atoms with van der Waals surface area (Å²) in [5, 5.41) is 6.90. The Balaban J connectivity index is 1.22. The number of nitrogens with zero attached hydrogens (tertiary/aromatic N) is 3. The molecule has 8 heteroatoms. The van der Waals surface area contributed by atoms with Gasteiger partial charge in [0.15, 0.2) is 5.96 Å². The van der Waals surface area contributed by atoms with Crippen molar-refractivity contribution in [1.29, 1.82) is 0 Å². The Labute approximate surface area is 179 Å². The van der Waals surface area contributed by atoms with Crippen molar-refractivity contribution >= 4 is 11.9 Å². The van der Waals surface area contributed by atoms with E-state index in [-0.39, 0.29) is 0 Å². The lowest BCUT2D eigenvalue weighted by atomic mass is 10.1. The van der Waals surface area contributed by atoms with Crippen LogP contribution in [0.4, 0.5) is 0 Å². The Morgan fingerprint density at radius 1 is 1.20 bits per heavy atom. The number of aliphatic imine (C=N–C) groups is 1. The van der Waals surface area contributed by atoms with E-state index in [1.807, 2.05) is 12.1 Å². The van der Waals surface area contributed by atoms with Crippen molar-refractivity contribution in [1.82, 2.24) is 20.4 Å². The van der Waals surface area contributed by atoms with Gasteiger partial charge in [0.05, 0.1) is 19.5 Å². The van der Waals surface area contributed by atoms with Crippen LogP contribution in [0, 0.1) is 5.92 Å². The summed E-state index contributed by atoms with van der Waals surface area (Å²) in [7, 11) is 0. The molecule has 3 fully saturated rings. The minimum absolute atomic E-state index is 0.309. The minimum Gasteiger partial charge on any atom is -0.469 e. The fraction of sp³-hybridized carbons (Fsp3) is 0.727. The van der Waals surface area contributed by atoms with E-state index in [4.69, 9.17) is 14.1 Å². The van der Waals surface area contributed by atoms with Crippen LogP contribution in [0.2, 0.25) is 0 Å². The number of nitrogens with one attached hydrogen (secondary N) is 2. The first kappa shape index (κ1) is 21.2. The average molecular weight is 418 g/mol. The molecule has 0 bridgehead atoms. The van der Waals surface area contributed by atoms with Crippen LogP contribution in [0.25, 0.3) is 0 Å². The lowest BCUT2D eigenvalue weighted by molar-refractivity contribution is -0.128. The zero-order chi connectivity index (χ0) is 20.6. The predicted octanol–water partition coefficient (Wildman–Crippen LogP) is 1.09. The van der Waals surface area contributed by atoms with E-state index >= 15 is 0 Å². The highest BCUT2D eigenvalue weighted by atomic mass is 16.5. The van der Waals surface area contributed by atoms with Gasteiger partial charge in [-0.2, -0.15) is 0 Å². The molecule has 1 atom stereocenters. The van der Waals surface area contributed by atoms with Crippen LogP contribution in [-0.2, 0) is 16.0 Å². The average Bonchev–Trinajstić information content (AvgIpc) is 3.34. The van der Waals surface area contributed by atoms with Crippen LogP contribution in [0.15, 0.2) is 27.8 Å². The third-order valence-electron chi connectivity index (χ3n) is 6.02. The summed E-state index contributed by atoms with van der Waals surface area (Å²) in [4.78, 5) is 21.5. The van der Waals surface area contributed by atoms with E-state index in [9.17, 15) is 4.79 Å². The Kier molecular flexibility index (Phi) is 7.64. The number of likely N-dealkylation sites (tertiary alicyclic amines) is 1. The number of carbonyl (C=O) groups is 1. The second-order valence-electron chi connectivity index (χ2n) is 8.53. The highest BCUT2D eigenvalue weighted by molar-refractivity contribution is 5.81. The third kappa shape index (κ3) is 6.47.